The Morgan fingerprint density at radius 3 is 2.73 bits per heavy atom. The summed E-state index contributed by atoms with van der Waals surface area (Å²) < 4.78 is 5.56. The summed E-state index contributed by atoms with van der Waals surface area (Å²) >= 11 is 6.04. The first kappa shape index (κ1) is 25.8. The van der Waals surface area contributed by atoms with Gasteiger partial charge < -0.3 is 14.6 Å². The van der Waals surface area contributed by atoms with Crippen LogP contribution in [0.3, 0.4) is 0 Å². The van der Waals surface area contributed by atoms with Crippen LogP contribution in [-0.4, -0.2) is 27.4 Å². The third kappa shape index (κ3) is 4.10. The third-order valence-electron chi connectivity index (χ3n) is 12.0. The molecule has 4 aliphatic rings. The van der Waals surface area contributed by atoms with Crippen LogP contribution < -0.4 is 5.63 Å². The van der Waals surface area contributed by atoms with E-state index in [1.54, 1.807) is 18.2 Å². The summed E-state index contributed by atoms with van der Waals surface area (Å²) in [6, 6.07) is 5.15. The molecule has 0 amide bonds. The topological polar surface area (TPSA) is 83.6 Å². The largest absolute Gasteiger partial charge is 0.408 e. The smallest absolute Gasteiger partial charge is 0.346 e. The lowest BCUT2D eigenvalue weighted by Gasteiger charge is -2.62. The van der Waals surface area contributed by atoms with Gasteiger partial charge >= 0.3 is 5.63 Å². The summed E-state index contributed by atoms with van der Waals surface area (Å²) in [5, 5.41) is 23.0. The Labute approximate surface area is 225 Å². The highest BCUT2D eigenvalue weighted by molar-refractivity contribution is 6.31. The summed E-state index contributed by atoms with van der Waals surface area (Å²) in [5.74, 6) is 3.79. The maximum Gasteiger partial charge on any atom is 0.346 e. The van der Waals surface area contributed by atoms with E-state index in [4.69, 9.17) is 16.0 Å². The van der Waals surface area contributed by atoms with Gasteiger partial charge in [0, 0.05) is 11.4 Å². The maximum atomic E-state index is 12.5. The van der Waals surface area contributed by atoms with Gasteiger partial charge in [0.05, 0.1) is 23.1 Å². The highest BCUT2D eigenvalue weighted by Gasteiger charge is 2.63. The van der Waals surface area contributed by atoms with E-state index in [0.717, 1.165) is 38.5 Å². The van der Waals surface area contributed by atoms with Crippen LogP contribution in [0.1, 0.15) is 84.4 Å². The number of nitrogens with zero attached hydrogens (tertiary/aromatic N) is 1. The van der Waals surface area contributed by atoms with Gasteiger partial charge in [-0.25, -0.2) is 9.78 Å². The van der Waals surface area contributed by atoms with E-state index in [9.17, 15) is 15.0 Å². The quantitative estimate of drug-likeness (QED) is 0.480. The van der Waals surface area contributed by atoms with E-state index < -0.39 is 0 Å². The second-order valence-corrected chi connectivity index (χ2v) is 13.9. The van der Waals surface area contributed by atoms with Crippen LogP contribution in [-0.2, 0) is 6.42 Å². The fraction of sp³-hybridized carbons (Fsp3) is 0.742. The average molecular weight is 528 g/mol. The van der Waals surface area contributed by atoms with Gasteiger partial charge in [0.15, 0.2) is 5.89 Å². The zero-order valence-corrected chi connectivity index (χ0v) is 23.2. The molecule has 37 heavy (non-hydrogen) atoms. The normalized spacial score (nSPS) is 42.2. The molecule has 10 atom stereocenters. The first-order chi connectivity index (χ1) is 17.6. The zero-order chi connectivity index (χ0) is 26.1. The van der Waals surface area contributed by atoms with E-state index in [1.807, 2.05) is 0 Å². The van der Waals surface area contributed by atoms with Gasteiger partial charge in [0.1, 0.15) is 0 Å². The molecule has 202 valence electrons. The summed E-state index contributed by atoms with van der Waals surface area (Å²) in [6.45, 7) is 7.17. The molecule has 6 heteroatoms. The van der Waals surface area contributed by atoms with Crippen molar-refractivity contribution in [1.82, 2.24) is 4.98 Å². The number of rotatable bonds is 4. The lowest BCUT2D eigenvalue weighted by Crippen LogP contribution is -2.58. The van der Waals surface area contributed by atoms with Gasteiger partial charge in [0.2, 0.25) is 0 Å². The number of aryl methyl sites for hydroxylation is 1. The lowest BCUT2D eigenvalue weighted by atomic mass is 9.43. The predicted octanol–water partition coefficient (Wildman–Crippen LogP) is 6.40. The fourth-order valence-electron chi connectivity index (χ4n) is 9.91. The summed E-state index contributed by atoms with van der Waals surface area (Å²) in [5.41, 5.74) is 0.449. The van der Waals surface area contributed by atoms with Crippen molar-refractivity contribution in [3.05, 3.63) is 39.5 Å². The molecule has 0 spiro atoms. The van der Waals surface area contributed by atoms with Crippen LogP contribution in [0, 0.1) is 46.3 Å². The van der Waals surface area contributed by atoms with Crippen molar-refractivity contribution < 1.29 is 14.6 Å². The van der Waals surface area contributed by atoms with Gasteiger partial charge in [-0.1, -0.05) is 32.4 Å². The minimum absolute atomic E-state index is 0.0631. The predicted molar refractivity (Wildman–Crippen MR) is 145 cm³/mol. The SMILES string of the molecule is C[C@H](CCc1nc2ccc(Cl)cc2c(=O)o1)[C@H]1CC[C@H]2[C@@H]3CC[C@@H]4C[C@H](O)CC[C@]4(C)C3C[C@H](O)[C@]12C. The molecular formula is C31H42ClNO4. The number of hydrogen-bond acceptors (Lipinski definition) is 5. The molecular weight excluding hydrogens is 486 g/mol. The van der Waals surface area contributed by atoms with Crippen molar-refractivity contribution in [3.63, 3.8) is 0 Å². The molecule has 0 bridgehead atoms. The number of aromatic nitrogens is 1. The van der Waals surface area contributed by atoms with Gasteiger partial charge in [-0.05, 0) is 122 Å². The third-order valence-corrected chi connectivity index (χ3v) is 12.2. The van der Waals surface area contributed by atoms with Crippen LogP contribution in [0.2, 0.25) is 5.02 Å². The van der Waals surface area contributed by atoms with Gasteiger partial charge in [0.25, 0.3) is 0 Å². The van der Waals surface area contributed by atoms with Crippen LogP contribution in [0.5, 0.6) is 0 Å². The van der Waals surface area contributed by atoms with E-state index >= 15 is 0 Å². The first-order valence-electron chi connectivity index (χ1n) is 14.6. The maximum absolute atomic E-state index is 12.5. The number of halogens is 1. The molecule has 2 N–H and O–H groups in total. The second kappa shape index (κ2) is 9.34. The van der Waals surface area contributed by atoms with E-state index in [2.05, 4.69) is 25.8 Å². The van der Waals surface area contributed by atoms with Gasteiger partial charge in [-0.3, -0.25) is 0 Å². The Balaban J connectivity index is 1.19. The molecule has 0 radical (unpaired) electrons. The second-order valence-electron chi connectivity index (χ2n) is 13.5. The Morgan fingerprint density at radius 1 is 1.11 bits per heavy atom. The van der Waals surface area contributed by atoms with Crippen LogP contribution in [0.4, 0.5) is 0 Å². The number of aliphatic hydroxyl groups is 2. The fourth-order valence-corrected chi connectivity index (χ4v) is 10.1. The molecule has 5 nitrogen and oxygen atoms in total. The molecule has 0 aliphatic heterocycles. The number of hydrogen-bond donors (Lipinski definition) is 2. The molecule has 2 aromatic rings. The molecule has 1 unspecified atom stereocenters. The summed E-state index contributed by atoms with van der Waals surface area (Å²) in [7, 11) is 0. The van der Waals surface area contributed by atoms with Crippen LogP contribution >= 0.6 is 11.6 Å². The first-order valence-corrected chi connectivity index (χ1v) is 14.9. The Hall–Kier alpha value is -1.43. The molecule has 4 fully saturated rings. The van der Waals surface area contributed by atoms with Crippen molar-refractivity contribution in [2.45, 2.75) is 97.2 Å². The van der Waals surface area contributed by atoms with Crippen molar-refractivity contribution in [1.29, 1.82) is 0 Å². The Morgan fingerprint density at radius 2 is 1.92 bits per heavy atom. The van der Waals surface area contributed by atoms with Crippen molar-refractivity contribution in [3.8, 4) is 0 Å². The molecule has 1 heterocycles. The molecule has 4 saturated carbocycles. The Kier molecular flexibility index (Phi) is 6.52. The molecule has 1 aromatic carbocycles. The monoisotopic (exact) mass is 527 g/mol. The Bertz CT molecular complexity index is 1230. The van der Waals surface area contributed by atoms with E-state index in [1.165, 1.54) is 19.3 Å². The molecule has 6 rings (SSSR count). The van der Waals surface area contributed by atoms with Crippen molar-refractivity contribution >= 4 is 22.5 Å². The molecule has 1 aromatic heterocycles. The highest BCUT2D eigenvalue weighted by atomic mass is 35.5. The van der Waals surface area contributed by atoms with E-state index in [-0.39, 0.29) is 28.7 Å². The molecule has 4 aliphatic carbocycles. The summed E-state index contributed by atoms with van der Waals surface area (Å²) in [4.78, 5) is 17.1. The van der Waals surface area contributed by atoms with Crippen molar-refractivity contribution in [2.75, 3.05) is 0 Å². The summed E-state index contributed by atoms with van der Waals surface area (Å²) in [6.07, 6.45) is 9.82. The van der Waals surface area contributed by atoms with Crippen LogP contribution in [0.15, 0.2) is 27.4 Å². The standard InChI is InChI=1S/C31H42ClNO4/c1-17(4-11-28-33-26-10-6-19(32)15-22(26)29(36)37-28)23-8-9-24-21-7-5-18-14-20(34)12-13-30(18,2)25(21)16-27(35)31(23,24)3/h6,10,15,17-18,20-21,23-25,27,34-35H,4-5,7-9,11-14,16H2,1-3H3/t17-,18-,20-,21+,23-,24+,25?,27+,30+,31-/m1/s1. The van der Waals surface area contributed by atoms with Crippen molar-refractivity contribution in [2.24, 2.45) is 46.3 Å². The average Bonchev–Trinajstić information content (AvgIpc) is 3.23. The number of fused-ring (bicyclic) bond motifs is 6. The zero-order valence-electron chi connectivity index (χ0n) is 22.5. The van der Waals surface area contributed by atoms with Crippen LogP contribution in [0.25, 0.3) is 10.9 Å². The van der Waals surface area contributed by atoms with Gasteiger partial charge in [-0.15, -0.1) is 0 Å². The number of aliphatic hydroxyl groups excluding tert-OH is 2. The minimum Gasteiger partial charge on any atom is -0.408 e. The van der Waals surface area contributed by atoms with E-state index in [0.29, 0.717) is 63.7 Å². The number of benzene rings is 1. The lowest BCUT2D eigenvalue weighted by molar-refractivity contribution is -0.174. The minimum atomic E-state index is -0.379. The molecule has 0 saturated heterocycles. The van der Waals surface area contributed by atoms with Gasteiger partial charge in [-0.2, -0.15) is 0 Å². The highest BCUT2D eigenvalue weighted by Crippen LogP contribution is 2.68.